The highest BCUT2D eigenvalue weighted by molar-refractivity contribution is 14.1. The first kappa shape index (κ1) is 17.3. The van der Waals surface area contributed by atoms with E-state index in [-0.39, 0.29) is 10.6 Å². The molecule has 27 heavy (non-hydrogen) atoms. The Morgan fingerprint density at radius 1 is 0.926 bits per heavy atom. The van der Waals surface area contributed by atoms with E-state index in [9.17, 15) is 10.1 Å². The van der Waals surface area contributed by atoms with Crippen molar-refractivity contribution in [3.63, 3.8) is 0 Å². The summed E-state index contributed by atoms with van der Waals surface area (Å²) in [6, 6.07) is 22.1. The average molecular weight is 470 g/mol. The fraction of sp³-hybridized carbons (Fsp3) is 0. The number of halogens is 1. The lowest BCUT2D eigenvalue weighted by Gasteiger charge is -2.09. The van der Waals surface area contributed by atoms with Crippen molar-refractivity contribution in [3.05, 3.63) is 86.5 Å². The second-order valence-corrected chi connectivity index (χ2v) is 7.01. The summed E-state index contributed by atoms with van der Waals surface area (Å²) >= 11 is 2.20. The van der Waals surface area contributed by atoms with E-state index in [4.69, 9.17) is 0 Å². The molecule has 0 aliphatic carbocycles. The van der Waals surface area contributed by atoms with Gasteiger partial charge in [-0.1, -0.05) is 41.6 Å². The molecule has 0 bridgehead atoms. The topological polar surface area (TPSA) is 88.6 Å². The molecule has 0 saturated heterocycles. The third kappa shape index (κ3) is 3.31. The maximum absolute atomic E-state index is 11.7. The Bertz CT molecular complexity index is 1110. The summed E-state index contributed by atoms with van der Waals surface area (Å²) in [4.78, 5) is 11.3. The fourth-order valence-electron chi connectivity index (χ4n) is 2.93. The van der Waals surface area contributed by atoms with E-state index in [0.717, 1.165) is 14.7 Å². The molecule has 7 nitrogen and oxygen atoms in total. The van der Waals surface area contributed by atoms with E-state index in [0.29, 0.717) is 17.1 Å². The predicted molar refractivity (Wildman–Crippen MR) is 108 cm³/mol. The monoisotopic (exact) mass is 470 g/mol. The molecule has 0 amide bonds. The Labute approximate surface area is 168 Å². The summed E-state index contributed by atoms with van der Waals surface area (Å²) in [5.74, 6) is 0.572. The predicted octanol–water partition coefficient (Wildman–Crippen LogP) is 3.93. The Morgan fingerprint density at radius 3 is 2.37 bits per heavy atom. The summed E-state index contributed by atoms with van der Waals surface area (Å²) < 4.78 is 2.72. The number of aromatic nitrogens is 4. The third-order valence-corrected chi connectivity index (χ3v) is 4.84. The second kappa shape index (κ2) is 7.23. The summed E-state index contributed by atoms with van der Waals surface area (Å²) in [7, 11) is 0. The van der Waals surface area contributed by atoms with Crippen LogP contribution < -0.4 is 4.68 Å². The van der Waals surface area contributed by atoms with Gasteiger partial charge in [0.1, 0.15) is 16.3 Å². The van der Waals surface area contributed by atoms with E-state index in [1.165, 1.54) is 6.07 Å². The highest BCUT2D eigenvalue weighted by Gasteiger charge is 2.27. The molecule has 0 saturated carbocycles. The van der Waals surface area contributed by atoms with Crippen molar-refractivity contribution in [2.24, 2.45) is 0 Å². The zero-order chi connectivity index (χ0) is 18.8. The minimum atomic E-state index is -0.372. The molecule has 0 unspecified atom stereocenters. The normalized spacial score (nSPS) is 10.7. The average Bonchev–Trinajstić information content (AvgIpc) is 3.18. The molecule has 0 aliphatic heterocycles. The first-order chi connectivity index (χ1) is 13.1. The maximum Gasteiger partial charge on any atom is 0.337 e. The molecular weight excluding hydrogens is 457 g/mol. The number of tetrazole rings is 1. The Hall–Kier alpha value is -3.14. The van der Waals surface area contributed by atoms with Crippen LogP contribution in [0.4, 0.5) is 5.69 Å². The maximum atomic E-state index is 11.7. The molecule has 8 heteroatoms. The summed E-state index contributed by atoms with van der Waals surface area (Å²) in [6.07, 6.45) is 0. The number of hydrogen-bond acceptors (Lipinski definition) is 4. The van der Waals surface area contributed by atoms with Gasteiger partial charge in [-0.25, -0.2) is 0 Å². The van der Waals surface area contributed by atoms with Crippen LogP contribution in [0, 0.1) is 13.7 Å². The van der Waals surface area contributed by atoms with Crippen molar-refractivity contribution in [1.29, 1.82) is 0 Å². The summed E-state index contributed by atoms with van der Waals surface area (Å²) in [5.41, 5.74) is 2.74. The van der Waals surface area contributed by atoms with Gasteiger partial charge in [0.15, 0.2) is 5.21 Å². The summed E-state index contributed by atoms with van der Waals surface area (Å²) in [6.45, 7) is 0. The van der Waals surface area contributed by atoms with Gasteiger partial charge < -0.3 is 0 Å². The minimum Gasteiger partial charge on any atom is -0.258 e. The van der Waals surface area contributed by atoms with Crippen molar-refractivity contribution in [1.82, 2.24) is 15.5 Å². The number of rotatable bonds is 4. The van der Waals surface area contributed by atoms with Crippen LogP contribution in [0.25, 0.3) is 28.2 Å². The van der Waals surface area contributed by atoms with Gasteiger partial charge in [0.05, 0.1) is 10.5 Å². The van der Waals surface area contributed by atoms with Gasteiger partial charge in [-0.2, -0.15) is 0 Å². The molecule has 0 fully saturated rings. The van der Waals surface area contributed by atoms with Crippen LogP contribution in [0.1, 0.15) is 0 Å². The number of H-pyrrole nitrogens is 1. The van der Waals surface area contributed by atoms with E-state index in [1.807, 2.05) is 60.7 Å². The van der Waals surface area contributed by atoms with E-state index < -0.39 is 0 Å². The van der Waals surface area contributed by atoms with Crippen LogP contribution in [0.5, 0.6) is 0 Å². The number of aromatic amines is 1. The Kier molecular flexibility index (Phi) is 4.63. The molecule has 0 radical (unpaired) electrons. The quantitative estimate of drug-likeness (QED) is 0.212. The number of nitro groups is 1. The van der Waals surface area contributed by atoms with Crippen molar-refractivity contribution < 1.29 is 9.61 Å². The first-order valence-corrected chi connectivity index (χ1v) is 9.15. The Morgan fingerprint density at radius 2 is 1.67 bits per heavy atom. The van der Waals surface area contributed by atoms with Gasteiger partial charge in [0.2, 0.25) is 0 Å². The van der Waals surface area contributed by atoms with E-state index in [1.54, 1.807) is 10.7 Å². The van der Waals surface area contributed by atoms with Crippen molar-refractivity contribution in [2.45, 2.75) is 0 Å². The summed E-state index contributed by atoms with van der Waals surface area (Å²) in [5, 5.41) is 22.6. The van der Waals surface area contributed by atoms with Crippen molar-refractivity contribution >= 4 is 28.3 Å². The number of hydrogen-bond donors (Lipinski definition) is 1. The molecule has 1 aromatic heterocycles. The zero-order valence-corrected chi connectivity index (χ0v) is 16.1. The van der Waals surface area contributed by atoms with Crippen LogP contribution in [0.3, 0.4) is 0 Å². The Balaban J connectivity index is 1.98. The fourth-order valence-corrected chi connectivity index (χ4v) is 3.29. The molecule has 0 spiro atoms. The molecule has 0 atom stereocenters. The second-order valence-electron chi connectivity index (χ2n) is 5.76. The minimum absolute atomic E-state index is 0.0230. The number of nitrogens with zero attached hydrogens (tertiary/aromatic N) is 4. The standard InChI is InChI=1S/C19H12IN5O2/c20-15-11-9-13(10-12-15)18-16(7-4-8-17(18)25(26)27)24-19(21-22-23-24)14-5-2-1-3-6-14/h1-12H/p+1. The number of benzene rings is 3. The molecule has 1 N–H and O–H groups in total. The number of nitrogens with one attached hydrogen (secondary N) is 1. The molecule has 1 heterocycles. The van der Waals surface area contributed by atoms with Gasteiger partial charge in [0, 0.05) is 9.64 Å². The highest BCUT2D eigenvalue weighted by atomic mass is 127. The van der Waals surface area contributed by atoms with Crippen LogP contribution in [-0.4, -0.2) is 20.4 Å². The van der Waals surface area contributed by atoms with Gasteiger partial charge >= 0.3 is 5.82 Å². The molecule has 4 rings (SSSR count). The smallest absolute Gasteiger partial charge is 0.258 e. The third-order valence-electron chi connectivity index (χ3n) is 4.12. The van der Waals surface area contributed by atoms with Crippen molar-refractivity contribution in [2.75, 3.05) is 0 Å². The lowest BCUT2D eigenvalue weighted by Crippen LogP contribution is -2.36. The largest absolute Gasteiger partial charge is 0.337 e. The molecule has 4 aromatic rings. The van der Waals surface area contributed by atoms with E-state index in [2.05, 4.69) is 38.1 Å². The zero-order valence-electron chi connectivity index (χ0n) is 13.9. The van der Waals surface area contributed by atoms with Crippen LogP contribution in [0.15, 0.2) is 72.8 Å². The molecule has 3 aromatic carbocycles. The SMILES string of the molecule is O=[N+]([O-])c1cccc(-[n+]2[nH]nnc2-c2ccccc2)c1-c1ccc(I)cc1. The van der Waals surface area contributed by atoms with Crippen LogP contribution in [-0.2, 0) is 0 Å². The van der Waals surface area contributed by atoms with E-state index >= 15 is 0 Å². The molecular formula is C19H13IN5O2+. The van der Waals surface area contributed by atoms with Crippen LogP contribution in [0.2, 0.25) is 0 Å². The lowest BCUT2D eigenvalue weighted by molar-refractivity contribution is -0.649. The first-order valence-electron chi connectivity index (χ1n) is 8.07. The van der Waals surface area contributed by atoms with Crippen LogP contribution >= 0.6 is 22.6 Å². The highest BCUT2D eigenvalue weighted by Crippen LogP contribution is 2.34. The number of nitro benzene ring substituents is 1. The van der Waals surface area contributed by atoms with Gasteiger partial charge in [-0.15, -0.1) is 4.68 Å². The lowest BCUT2D eigenvalue weighted by atomic mass is 10.0. The molecule has 0 aliphatic rings. The van der Waals surface area contributed by atoms with Gasteiger partial charge in [0.25, 0.3) is 5.69 Å². The molecule has 132 valence electrons. The van der Waals surface area contributed by atoms with Crippen molar-refractivity contribution in [3.8, 4) is 28.2 Å². The van der Waals surface area contributed by atoms with Gasteiger partial charge in [-0.05, 0) is 58.5 Å². The van der Waals surface area contributed by atoms with Gasteiger partial charge in [-0.3, -0.25) is 10.1 Å².